The zero-order chi connectivity index (χ0) is 16.0. The number of ether oxygens (including phenoxy) is 2. The van der Waals surface area contributed by atoms with Crippen LogP contribution in [0.5, 0.6) is 5.75 Å². The van der Waals surface area contributed by atoms with E-state index in [-0.39, 0.29) is 5.78 Å². The van der Waals surface area contributed by atoms with Crippen LogP contribution in [0.4, 0.5) is 0 Å². The topological polar surface area (TPSA) is 35.5 Å². The number of hydrogen-bond donors (Lipinski definition) is 0. The summed E-state index contributed by atoms with van der Waals surface area (Å²) >= 11 is 8.37. The Morgan fingerprint density at radius 2 is 2.23 bits per heavy atom. The molecule has 0 heterocycles. The van der Waals surface area contributed by atoms with Gasteiger partial charge in [0.05, 0.1) is 30.8 Å². The van der Waals surface area contributed by atoms with Crippen LogP contribution in [0.3, 0.4) is 0 Å². The smallest absolute Gasteiger partial charge is 0.145 e. The molecule has 1 aromatic carbocycles. The van der Waals surface area contributed by atoms with Crippen LogP contribution in [-0.2, 0) is 14.9 Å². The first-order valence-corrected chi connectivity index (χ1v) is 11.2. The van der Waals surface area contributed by atoms with E-state index in [2.05, 4.69) is 21.2 Å². The maximum absolute atomic E-state index is 12.7. The van der Waals surface area contributed by atoms with Gasteiger partial charge < -0.3 is 9.47 Å². The van der Waals surface area contributed by atoms with E-state index < -0.39 is 5.41 Å². The fourth-order valence-electron chi connectivity index (χ4n) is 2.93. The molecular weight excluding hydrogens is 435 g/mol. The van der Waals surface area contributed by atoms with Crippen LogP contribution in [0, 0.1) is 0 Å². The largest absolute Gasteiger partial charge is 0.495 e. The first-order valence-electron chi connectivity index (χ1n) is 7.32. The van der Waals surface area contributed by atoms with Gasteiger partial charge in [0.1, 0.15) is 11.5 Å². The van der Waals surface area contributed by atoms with Gasteiger partial charge in [0.25, 0.3) is 0 Å². The van der Waals surface area contributed by atoms with Crippen molar-refractivity contribution in [2.24, 2.45) is 0 Å². The molecule has 6 heteroatoms. The van der Waals surface area contributed by atoms with Crippen molar-refractivity contribution in [2.45, 2.75) is 31.1 Å². The van der Waals surface area contributed by atoms with Crippen LogP contribution < -0.4 is 4.74 Å². The van der Waals surface area contributed by atoms with Gasteiger partial charge in [-0.25, -0.2) is 0 Å². The van der Waals surface area contributed by atoms with E-state index >= 15 is 0 Å². The van der Waals surface area contributed by atoms with Gasteiger partial charge in [0, 0.05) is 12.2 Å². The van der Waals surface area contributed by atoms with Gasteiger partial charge in [-0.3, -0.25) is 4.79 Å². The second-order valence-electron chi connectivity index (χ2n) is 5.43. The fraction of sp³-hybridized carbons (Fsp3) is 0.562. The van der Waals surface area contributed by atoms with Gasteiger partial charge in [-0.2, -0.15) is 0 Å². The first-order chi connectivity index (χ1) is 10.6. The standard InChI is InChI=1S/C16H20ClIO3S/c1-20-14-10-12(5-6-13(14)17)16(11-21-8-9-22-18)7-3-2-4-15(16)19/h5-6,10H,2-4,7-9,11H2,1H3. The third-order valence-electron chi connectivity index (χ3n) is 4.15. The molecule has 0 amide bonds. The van der Waals surface area contributed by atoms with Crippen molar-refractivity contribution in [2.75, 3.05) is 26.1 Å². The zero-order valence-electron chi connectivity index (χ0n) is 12.6. The predicted molar refractivity (Wildman–Crippen MR) is 100 cm³/mol. The lowest BCUT2D eigenvalue weighted by Gasteiger charge is -2.36. The number of hydrogen-bond acceptors (Lipinski definition) is 4. The zero-order valence-corrected chi connectivity index (χ0v) is 16.3. The third-order valence-corrected chi connectivity index (χ3v) is 6.10. The summed E-state index contributed by atoms with van der Waals surface area (Å²) in [6.45, 7) is 1.10. The normalized spacial score (nSPS) is 21.9. The number of ketones is 1. The lowest BCUT2D eigenvalue weighted by molar-refractivity contribution is -0.129. The maximum Gasteiger partial charge on any atom is 0.145 e. The number of methoxy groups -OCH3 is 1. The highest BCUT2D eigenvalue weighted by atomic mass is 127. The van der Waals surface area contributed by atoms with Gasteiger partial charge in [-0.15, -0.1) is 0 Å². The molecule has 1 aromatic rings. The molecule has 122 valence electrons. The van der Waals surface area contributed by atoms with Crippen molar-refractivity contribution in [3.05, 3.63) is 28.8 Å². The van der Waals surface area contributed by atoms with Crippen LogP contribution >= 0.6 is 41.7 Å². The van der Waals surface area contributed by atoms with Crippen molar-refractivity contribution < 1.29 is 14.3 Å². The molecule has 2 rings (SSSR count). The van der Waals surface area contributed by atoms with E-state index in [0.717, 1.165) is 30.6 Å². The second-order valence-corrected chi connectivity index (χ2v) is 8.33. The van der Waals surface area contributed by atoms with Crippen LogP contribution in [-0.4, -0.2) is 31.9 Å². The minimum absolute atomic E-state index is 0.269. The van der Waals surface area contributed by atoms with Crippen LogP contribution in [0.25, 0.3) is 0 Å². The van der Waals surface area contributed by atoms with E-state index in [1.54, 1.807) is 22.1 Å². The van der Waals surface area contributed by atoms with Crippen molar-refractivity contribution in [1.29, 1.82) is 0 Å². The Labute approximate surface area is 153 Å². The highest BCUT2D eigenvalue weighted by Crippen LogP contribution is 2.40. The average molecular weight is 455 g/mol. The summed E-state index contributed by atoms with van der Waals surface area (Å²) < 4.78 is 11.1. The molecule has 0 bridgehead atoms. The Balaban J connectivity index is 2.29. The number of benzene rings is 1. The Hall–Kier alpha value is 0.0200. The molecule has 1 aliphatic carbocycles. The summed E-state index contributed by atoms with van der Waals surface area (Å²) in [5, 5.41) is 0.562. The van der Waals surface area contributed by atoms with E-state index in [0.29, 0.717) is 30.4 Å². The van der Waals surface area contributed by atoms with Crippen LogP contribution in [0.2, 0.25) is 5.02 Å². The molecule has 1 atom stereocenters. The number of carbonyl (C=O) groups excluding carboxylic acids is 1. The summed E-state index contributed by atoms with van der Waals surface area (Å²) in [7, 11) is 3.31. The van der Waals surface area contributed by atoms with E-state index in [4.69, 9.17) is 21.1 Å². The Kier molecular flexibility index (Phi) is 7.31. The molecule has 1 fully saturated rings. The van der Waals surface area contributed by atoms with E-state index in [1.807, 2.05) is 12.1 Å². The lowest BCUT2D eigenvalue weighted by Crippen LogP contribution is -2.43. The van der Waals surface area contributed by atoms with Gasteiger partial charge in [-0.05, 0) is 51.7 Å². The highest BCUT2D eigenvalue weighted by Gasteiger charge is 2.42. The van der Waals surface area contributed by atoms with Crippen molar-refractivity contribution in [3.8, 4) is 5.75 Å². The molecule has 22 heavy (non-hydrogen) atoms. The van der Waals surface area contributed by atoms with Gasteiger partial charge in [-0.1, -0.05) is 33.0 Å². The molecule has 0 aromatic heterocycles. The molecule has 0 radical (unpaired) electrons. The third kappa shape index (κ3) is 4.10. The van der Waals surface area contributed by atoms with Crippen LogP contribution in [0.15, 0.2) is 18.2 Å². The fourth-order valence-corrected chi connectivity index (χ4v) is 3.84. The number of carbonyl (C=O) groups is 1. The molecule has 0 aliphatic heterocycles. The molecule has 0 spiro atoms. The summed E-state index contributed by atoms with van der Waals surface area (Å²) in [6.07, 6.45) is 3.46. The van der Waals surface area contributed by atoms with Gasteiger partial charge in [0.15, 0.2) is 0 Å². The summed E-state index contributed by atoms with van der Waals surface area (Å²) in [4.78, 5) is 12.7. The Bertz CT molecular complexity index is 526. The van der Waals surface area contributed by atoms with Crippen molar-refractivity contribution in [1.82, 2.24) is 0 Å². The Morgan fingerprint density at radius 3 is 2.91 bits per heavy atom. The quantitative estimate of drug-likeness (QED) is 0.437. The van der Waals surface area contributed by atoms with Gasteiger partial charge >= 0.3 is 0 Å². The minimum Gasteiger partial charge on any atom is -0.495 e. The molecule has 0 N–H and O–H groups in total. The van der Waals surface area contributed by atoms with Crippen LogP contribution in [0.1, 0.15) is 31.2 Å². The van der Waals surface area contributed by atoms with E-state index in [9.17, 15) is 4.79 Å². The summed E-state index contributed by atoms with van der Waals surface area (Å²) in [5.41, 5.74) is 0.409. The number of Topliss-reactive ketones (excluding diaryl/α,β-unsaturated/α-hetero) is 1. The first kappa shape index (κ1) is 18.4. The summed E-state index contributed by atoms with van der Waals surface area (Å²) in [6, 6.07) is 5.63. The molecule has 1 unspecified atom stereocenters. The number of rotatable bonds is 7. The summed E-state index contributed by atoms with van der Waals surface area (Å²) in [5.74, 6) is 1.80. The maximum atomic E-state index is 12.7. The van der Waals surface area contributed by atoms with Crippen molar-refractivity contribution in [3.63, 3.8) is 0 Å². The van der Waals surface area contributed by atoms with Crippen molar-refractivity contribution >= 4 is 47.5 Å². The molecular formula is C16H20ClIO3S. The van der Waals surface area contributed by atoms with Gasteiger partial charge in [0.2, 0.25) is 0 Å². The second kappa shape index (κ2) is 8.76. The lowest BCUT2D eigenvalue weighted by atomic mass is 9.69. The molecule has 3 nitrogen and oxygen atoms in total. The minimum atomic E-state index is -0.550. The Morgan fingerprint density at radius 1 is 1.41 bits per heavy atom. The molecule has 1 aliphatic rings. The monoisotopic (exact) mass is 454 g/mol. The molecule has 1 saturated carbocycles. The number of halogens is 2. The average Bonchev–Trinajstić information content (AvgIpc) is 2.54. The molecule has 0 saturated heterocycles. The highest BCUT2D eigenvalue weighted by molar-refractivity contribution is 14.2. The van der Waals surface area contributed by atoms with E-state index in [1.165, 1.54) is 0 Å². The SMILES string of the molecule is COc1cc(C2(COCCSI)CCCCC2=O)ccc1Cl. The predicted octanol–water partition coefficient (Wildman–Crippen LogP) is 4.83.